The first-order valence-electron chi connectivity index (χ1n) is 6.83. The van der Waals surface area contributed by atoms with Crippen molar-refractivity contribution in [1.29, 1.82) is 0 Å². The zero-order valence-corrected chi connectivity index (χ0v) is 12.8. The number of amides is 1. The van der Waals surface area contributed by atoms with E-state index < -0.39 is 4.92 Å². The lowest BCUT2D eigenvalue weighted by molar-refractivity contribution is -0.384. The van der Waals surface area contributed by atoms with Crippen molar-refractivity contribution in [2.45, 2.75) is 31.8 Å². The Kier molecular flexibility index (Phi) is 4.80. The molecule has 1 saturated heterocycles. The third kappa shape index (κ3) is 3.71. The summed E-state index contributed by atoms with van der Waals surface area (Å²) in [5.74, 6) is -0.295. The molecule has 0 bridgehead atoms. The normalized spacial score (nSPS) is 22.8. The summed E-state index contributed by atoms with van der Waals surface area (Å²) >= 11 is 5.74. The van der Waals surface area contributed by atoms with Crippen LogP contribution in [-0.4, -0.2) is 41.4 Å². The third-order valence-electron chi connectivity index (χ3n) is 3.95. The Morgan fingerprint density at radius 2 is 2.24 bits per heavy atom. The molecule has 114 valence electrons. The van der Waals surface area contributed by atoms with E-state index >= 15 is 0 Å². The van der Waals surface area contributed by atoms with Crippen LogP contribution in [0.2, 0.25) is 5.02 Å². The van der Waals surface area contributed by atoms with Crippen LogP contribution in [0.3, 0.4) is 0 Å². The number of rotatable bonds is 3. The Morgan fingerprint density at radius 1 is 1.52 bits per heavy atom. The molecular formula is C14H18ClN3O3. The van der Waals surface area contributed by atoms with Crippen LogP contribution in [0.5, 0.6) is 0 Å². The van der Waals surface area contributed by atoms with Gasteiger partial charge in [-0.05, 0) is 38.9 Å². The van der Waals surface area contributed by atoms with Gasteiger partial charge in [-0.1, -0.05) is 11.6 Å². The first-order chi connectivity index (χ1) is 9.88. The minimum absolute atomic E-state index is 0.0319. The van der Waals surface area contributed by atoms with Crippen molar-refractivity contribution in [3.05, 3.63) is 38.9 Å². The second-order valence-corrected chi connectivity index (χ2v) is 5.85. The molecule has 1 amide bonds. The number of nitro groups is 1. The van der Waals surface area contributed by atoms with Crippen LogP contribution in [-0.2, 0) is 0 Å². The summed E-state index contributed by atoms with van der Waals surface area (Å²) in [6.45, 7) is 3.04. The maximum absolute atomic E-state index is 12.2. The van der Waals surface area contributed by atoms with Gasteiger partial charge >= 0.3 is 0 Å². The van der Waals surface area contributed by atoms with Gasteiger partial charge in [-0.2, -0.15) is 0 Å². The maximum Gasteiger partial charge on any atom is 0.288 e. The van der Waals surface area contributed by atoms with Crippen molar-refractivity contribution < 1.29 is 9.72 Å². The summed E-state index contributed by atoms with van der Waals surface area (Å²) in [5, 5.41) is 13.8. The van der Waals surface area contributed by atoms with E-state index in [4.69, 9.17) is 11.6 Å². The Morgan fingerprint density at radius 3 is 2.86 bits per heavy atom. The highest BCUT2D eigenvalue weighted by Crippen LogP contribution is 2.25. The fraction of sp³-hybridized carbons (Fsp3) is 0.500. The van der Waals surface area contributed by atoms with Crippen molar-refractivity contribution in [3.63, 3.8) is 0 Å². The molecule has 1 aliphatic heterocycles. The summed E-state index contributed by atoms with van der Waals surface area (Å²) < 4.78 is 0. The average molecular weight is 312 g/mol. The van der Waals surface area contributed by atoms with Crippen LogP contribution in [0.1, 0.15) is 30.1 Å². The molecule has 1 heterocycles. The van der Waals surface area contributed by atoms with Gasteiger partial charge in [0, 0.05) is 30.3 Å². The highest BCUT2D eigenvalue weighted by atomic mass is 35.5. The van der Waals surface area contributed by atoms with Gasteiger partial charge in [0.15, 0.2) is 0 Å². The Labute approximate surface area is 128 Å². The molecular weight excluding hydrogens is 294 g/mol. The van der Waals surface area contributed by atoms with Gasteiger partial charge in [0.05, 0.1) is 4.92 Å². The Hall–Kier alpha value is -1.66. The first-order valence-corrected chi connectivity index (χ1v) is 7.21. The molecule has 2 atom stereocenters. The van der Waals surface area contributed by atoms with Crippen LogP contribution < -0.4 is 5.32 Å². The molecule has 1 fully saturated rings. The molecule has 21 heavy (non-hydrogen) atoms. The number of halogens is 1. The van der Waals surface area contributed by atoms with Crippen molar-refractivity contribution >= 4 is 23.2 Å². The third-order valence-corrected chi connectivity index (χ3v) is 4.27. The standard InChI is InChI=1S/C14H18ClN3O3/c1-9-7-11(5-6-17(9)2)16-14(19)10-3-4-12(15)13(8-10)18(20)21/h3-4,8-9,11H,5-7H2,1-2H3,(H,16,19). The largest absolute Gasteiger partial charge is 0.349 e. The van der Waals surface area contributed by atoms with Crippen LogP contribution >= 0.6 is 11.6 Å². The smallest absolute Gasteiger partial charge is 0.288 e. The Balaban J connectivity index is 2.07. The lowest BCUT2D eigenvalue weighted by Crippen LogP contribution is -2.47. The SMILES string of the molecule is CC1CC(NC(=O)c2ccc(Cl)c([N+](=O)[O-])c2)CCN1C. The van der Waals surface area contributed by atoms with Gasteiger partial charge < -0.3 is 10.2 Å². The van der Waals surface area contributed by atoms with Crippen molar-refractivity contribution in [3.8, 4) is 0 Å². The predicted octanol–water partition coefficient (Wildman–Crippen LogP) is 2.46. The van der Waals surface area contributed by atoms with Gasteiger partial charge in [0.25, 0.3) is 11.6 Å². The summed E-state index contributed by atoms with van der Waals surface area (Å²) in [5.41, 5.74) is 0.0127. The average Bonchev–Trinajstić information content (AvgIpc) is 2.43. The highest BCUT2D eigenvalue weighted by Gasteiger charge is 2.25. The van der Waals surface area contributed by atoms with Gasteiger partial charge in [0.1, 0.15) is 5.02 Å². The molecule has 2 unspecified atom stereocenters. The van der Waals surface area contributed by atoms with E-state index in [0.717, 1.165) is 19.4 Å². The van der Waals surface area contributed by atoms with E-state index in [1.54, 1.807) is 0 Å². The second-order valence-electron chi connectivity index (χ2n) is 5.45. The predicted molar refractivity (Wildman–Crippen MR) is 80.7 cm³/mol. The maximum atomic E-state index is 12.2. The number of carbonyl (C=O) groups excluding carboxylic acids is 1. The quantitative estimate of drug-likeness (QED) is 0.687. The zero-order chi connectivity index (χ0) is 15.6. The second kappa shape index (κ2) is 6.41. The molecule has 0 spiro atoms. The molecule has 0 radical (unpaired) electrons. The molecule has 1 aromatic carbocycles. The fourth-order valence-electron chi connectivity index (χ4n) is 2.48. The minimum Gasteiger partial charge on any atom is -0.349 e. The topological polar surface area (TPSA) is 75.5 Å². The van der Waals surface area contributed by atoms with Crippen molar-refractivity contribution in [2.24, 2.45) is 0 Å². The molecule has 6 nitrogen and oxygen atoms in total. The highest BCUT2D eigenvalue weighted by molar-refractivity contribution is 6.32. The molecule has 1 aliphatic rings. The summed E-state index contributed by atoms with van der Waals surface area (Å²) in [6.07, 6.45) is 1.75. The lowest BCUT2D eigenvalue weighted by Gasteiger charge is -2.35. The molecule has 7 heteroatoms. The van der Waals surface area contributed by atoms with Crippen molar-refractivity contribution in [1.82, 2.24) is 10.2 Å². The lowest BCUT2D eigenvalue weighted by atomic mass is 9.98. The van der Waals surface area contributed by atoms with E-state index in [0.29, 0.717) is 6.04 Å². The number of nitro benzene ring substituents is 1. The molecule has 0 saturated carbocycles. The van der Waals surface area contributed by atoms with Crippen LogP contribution in [0.4, 0.5) is 5.69 Å². The molecule has 1 aromatic rings. The number of carbonyl (C=O) groups is 1. The number of hydrogen-bond donors (Lipinski definition) is 1. The Bertz CT molecular complexity index is 564. The van der Waals surface area contributed by atoms with Crippen molar-refractivity contribution in [2.75, 3.05) is 13.6 Å². The number of nitrogens with one attached hydrogen (secondary N) is 1. The van der Waals surface area contributed by atoms with Crippen LogP contribution in [0.15, 0.2) is 18.2 Å². The van der Waals surface area contributed by atoms with Gasteiger partial charge in [0.2, 0.25) is 0 Å². The molecule has 1 N–H and O–H groups in total. The number of nitrogens with zero attached hydrogens (tertiary/aromatic N) is 2. The van der Waals surface area contributed by atoms with Crippen LogP contribution in [0.25, 0.3) is 0 Å². The first kappa shape index (κ1) is 15.7. The minimum atomic E-state index is -0.587. The van der Waals surface area contributed by atoms with E-state index in [2.05, 4.69) is 24.2 Å². The summed E-state index contributed by atoms with van der Waals surface area (Å²) in [7, 11) is 2.06. The number of likely N-dealkylation sites (tertiary alicyclic amines) is 1. The monoisotopic (exact) mass is 311 g/mol. The van der Waals surface area contributed by atoms with E-state index in [9.17, 15) is 14.9 Å². The van der Waals surface area contributed by atoms with E-state index in [-0.39, 0.29) is 28.2 Å². The van der Waals surface area contributed by atoms with E-state index in [1.807, 2.05) is 0 Å². The van der Waals surface area contributed by atoms with Gasteiger partial charge in [-0.3, -0.25) is 14.9 Å². The number of hydrogen-bond acceptors (Lipinski definition) is 4. The molecule has 0 aliphatic carbocycles. The number of benzene rings is 1. The fourth-order valence-corrected chi connectivity index (χ4v) is 2.67. The summed E-state index contributed by atoms with van der Waals surface area (Å²) in [6, 6.07) is 4.60. The number of piperidine rings is 1. The van der Waals surface area contributed by atoms with Crippen LogP contribution in [0, 0.1) is 10.1 Å². The molecule has 0 aromatic heterocycles. The summed E-state index contributed by atoms with van der Waals surface area (Å²) in [4.78, 5) is 24.7. The van der Waals surface area contributed by atoms with Gasteiger partial charge in [-0.15, -0.1) is 0 Å². The van der Waals surface area contributed by atoms with Gasteiger partial charge in [-0.25, -0.2) is 0 Å². The molecule has 2 rings (SSSR count). The zero-order valence-electron chi connectivity index (χ0n) is 12.0. The van der Waals surface area contributed by atoms with E-state index in [1.165, 1.54) is 18.2 Å².